The van der Waals surface area contributed by atoms with Gasteiger partial charge in [-0.05, 0) is 36.8 Å². The van der Waals surface area contributed by atoms with Crippen LogP contribution >= 0.6 is 0 Å². The minimum Gasteiger partial charge on any atom is -0.497 e. The van der Waals surface area contributed by atoms with Gasteiger partial charge in [-0.15, -0.1) is 0 Å². The van der Waals surface area contributed by atoms with Crippen LogP contribution in [0.15, 0.2) is 47.6 Å². The van der Waals surface area contributed by atoms with E-state index in [4.69, 9.17) is 14.2 Å². The Balaban J connectivity index is 2.01. The summed E-state index contributed by atoms with van der Waals surface area (Å²) < 4.78 is 42.1. The van der Waals surface area contributed by atoms with Crippen LogP contribution in [0.2, 0.25) is 0 Å². The zero-order chi connectivity index (χ0) is 20.3. The minimum absolute atomic E-state index is 0.430. The van der Waals surface area contributed by atoms with Gasteiger partial charge in [-0.25, -0.2) is 8.42 Å². The molecule has 0 aromatic heterocycles. The van der Waals surface area contributed by atoms with Crippen LogP contribution in [0.4, 0.5) is 0 Å². The van der Waals surface area contributed by atoms with Crippen molar-refractivity contribution in [3.05, 3.63) is 53.6 Å². The van der Waals surface area contributed by atoms with Gasteiger partial charge >= 0.3 is 0 Å². The smallest absolute Gasteiger partial charge is 0.247 e. The molecule has 0 radical (unpaired) electrons. The first kappa shape index (κ1) is 20.0. The molecule has 0 N–H and O–H groups in total. The zero-order valence-corrected chi connectivity index (χ0v) is 17.2. The molecule has 0 bridgehead atoms. The standard InChI is InChI=1S/C20H24N2O5S/c1-5-27-16-8-6-7-14(9-16)20-13-19(21-22(20)28(4,23)24)15-10-17(25-2)12-18(11-15)26-3/h6-12,20H,5,13H2,1-4H3. The van der Waals surface area contributed by atoms with Gasteiger partial charge < -0.3 is 14.2 Å². The van der Waals surface area contributed by atoms with E-state index in [-0.39, 0.29) is 0 Å². The highest BCUT2D eigenvalue weighted by Gasteiger charge is 2.35. The molecule has 150 valence electrons. The molecule has 3 rings (SSSR count). The number of hydrogen-bond acceptors (Lipinski definition) is 6. The van der Waals surface area contributed by atoms with Crippen molar-refractivity contribution in [2.45, 2.75) is 19.4 Å². The van der Waals surface area contributed by atoms with Gasteiger partial charge in [0.1, 0.15) is 17.2 Å². The van der Waals surface area contributed by atoms with Gasteiger partial charge in [0.05, 0.1) is 38.8 Å². The molecule has 1 unspecified atom stereocenters. The van der Waals surface area contributed by atoms with E-state index in [0.717, 1.165) is 17.4 Å². The van der Waals surface area contributed by atoms with Crippen LogP contribution in [0.25, 0.3) is 0 Å². The Labute approximate surface area is 165 Å². The Morgan fingerprint density at radius 3 is 2.32 bits per heavy atom. The number of rotatable bonds is 7. The third-order valence-corrected chi connectivity index (χ3v) is 5.47. The molecule has 8 heteroatoms. The van der Waals surface area contributed by atoms with E-state index in [2.05, 4.69) is 5.10 Å². The van der Waals surface area contributed by atoms with Crippen molar-refractivity contribution < 1.29 is 22.6 Å². The highest BCUT2D eigenvalue weighted by Crippen LogP contribution is 2.37. The molecule has 0 aliphatic carbocycles. The summed E-state index contributed by atoms with van der Waals surface area (Å²) in [6.45, 7) is 2.44. The topological polar surface area (TPSA) is 77.4 Å². The van der Waals surface area contributed by atoms with E-state index in [1.165, 1.54) is 4.41 Å². The third kappa shape index (κ3) is 4.22. The van der Waals surface area contributed by atoms with Crippen molar-refractivity contribution in [3.63, 3.8) is 0 Å². The van der Waals surface area contributed by atoms with Crippen molar-refractivity contribution in [1.82, 2.24) is 4.41 Å². The summed E-state index contributed by atoms with van der Waals surface area (Å²) >= 11 is 0. The van der Waals surface area contributed by atoms with Crippen LogP contribution in [0, 0.1) is 0 Å². The molecule has 0 amide bonds. The van der Waals surface area contributed by atoms with Gasteiger partial charge in [0.25, 0.3) is 0 Å². The number of ether oxygens (including phenoxy) is 3. The van der Waals surface area contributed by atoms with Gasteiger partial charge in [0, 0.05) is 18.1 Å². The number of nitrogens with zero attached hydrogens (tertiary/aromatic N) is 2. The molecule has 1 heterocycles. The summed E-state index contributed by atoms with van der Waals surface area (Å²) in [4.78, 5) is 0. The lowest BCUT2D eigenvalue weighted by molar-refractivity contribution is 0.336. The highest BCUT2D eigenvalue weighted by atomic mass is 32.2. The lowest BCUT2D eigenvalue weighted by atomic mass is 9.98. The normalized spacial score (nSPS) is 16.6. The van der Waals surface area contributed by atoms with Crippen molar-refractivity contribution in [3.8, 4) is 17.2 Å². The maximum absolute atomic E-state index is 12.4. The summed E-state index contributed by atoms with van der Waals surface area (Å²) in [6, 6.07) is 12.4. The molecule has 28 heavy (non-hydrogen) atoms. The molecule has 0 saturated heterocycles. The van der Waals surface area contributed by atoms with Gasteiger partial charge in [-0.2, -0.15) is 9.52 Å². The summed E-state index contributed by atoms with van der Waals surface area (Å²) in [7, 11) is -0.416. The molecule has 7 nitrogen and oxygen atoms in total. The molecular weight excluding hydrogens is 380 g/mol. The molecule has 2 aromatic carbocycles. The molecular formula is C20H24N2O5S. The van der Waals surface area contributed by atoms with Crippen molar-refractivity contribution in [2.24, 2.45) is 5.10 Å². The fourth-order valence-electron chi connectivity index (χ4n) is 3.17. The van der Waals surface area contributed by atoms with Gasteiger partial charge in [0.2, 0.25) is 10.0 Å². The van der Waals surface area contributed by atoms with Crippen molar-refractivity contribution in [2.75, 3.05) is 27.1 Å². The zero-order valence-electron chi connectivity index (χ0n) is 16.4. The molecule has 1 atom stereocenters. The Morgan fingerprint density at radius 1 is 1.07 bits per heavy atom. The highest BCUT2D eigenvalue weighted by molar-refractivity contribution is 7.88. The average Bonchev–Trinajstić information content (AvgIpc) is 3.14. The number of benzene rings is 2. The molecule has 2 aromatic rings. The summed E-state index contributed by atoms with van der Waals surface area (Å²) in [5.41, 5.74) is 2.23. The second-order valence-corrected chi connectivity index (χ2v) is 8.25. The van der Waals surface area contributed by atoms with Crippen LogP contribution < -0.4 is 14.2 Å². The van der Waals surface area contributed by atoms with E-state index < -0.39 is 16.1 Å². The molecule has 0 fully saturated rings. The number of sulfonamides is 1. The summed E-state index contributed by atoms with van der Waals surface area (Å²) in [5, 5.41) is 4.42. The number of hydrazone groups is 1. The predicted molar refractivity (Wildman–Crippen MR) is 108 cm³/mol. The minimum atomic E-state index is -3.55. The summed E-state index contributed by atoms with van der Waals surface area (Å²) in [6.07, 6.45) is 1.59. The first-order valence-electron chi connectivity index (χ1n) is 8.88. The average molecular weight is 404 g/mol. The van der Waals surface area contributed by atoms with Gasteiger partial charge in [-0.3, -0.25) is 0 Å². The Bertz CT molecular complexity index is 966. The predicted octanol–water partition coefficient (Wildman–Crippen LogP) is 3.21. The maximum atomic E-state index is 12.4. The van der Waals surface area contributed by atoms with Crippen LogP contribution in [-0.4, -0.2) is 45.6 Å². The maximum Gasteiger partial charge on any atom is 0.247 e. The second kappa shape index (κ2) is 8.10. The Kier molecular flexibility index (Phi) is 5.79. The second-order valence-electron chi connectivity index (χ2n) is 6.41. The van der Waals surface area contributed by atoms with Crippen LogP contribution in [-0.2, 0) is 10.0 Å². The Morgan fingerprint density at radius 2 is 1.75 bits per heavy atom. The van der Waals surface area contributed by atoms with Crippen LogP contribution in [0.5, 0.6) is 17.2 Å². The van der Waals surface area contributed by atoms with Gasteiger partial charge in [-0.1, -0.05) is 12.1 Å². The van der Waals surface area contributed by atoms with Crippen molar-refractivity contribution >= 4 is 15.7 Å². The van der Waals surface area contributed by atoms with Crippen LogP contribution in [0.1, 0.15) is 30.5 Å². The molecule has 0 spiro atoms. The Hall–Kier alpha value is -2.74. The van der Waals surface area contributed by atoms with E-state index in [1.807, 2.05) is 43.3 Å². The SMILES string of the molecule is CCOc1cccc(C2CC(c3cc(OC)cc(OC)c3)=NN2S(C)(=O)=O)c1. The lowest BCUT2D eigenvalue weighted by Gasteiger charge is -2.21. The number of hydrogen-bond donors (Lipinski definition) is 0. The molecule has 1 aliphatic heterocycles. The lowest BCUT2D eigenvalue weighted by Crippen LogP contribution is -2.25. The fraction of sp³-hybridized carbons (Fsp3) is 0.350. The first-order valence-corrected chi connectivity index (χ1v) is 10.7. The number of methoxy groups -OCH3 is 2. The molecule has 0 saturated carbocycles. The van der Waals surface area contributed by atoms with E-state index in [9.17, 15) is 8.42 Å². The first-order chi connectivity index (χ1) is 13.4. The van der Waals surface area contributed by atoms with E-state index in [1.54, 1.807) is 20.3 Å². The third-order valence-electron chi connectivity index (χ3n) is 4.45. The van der Waals surface area contributed by atoms with Crippen LogP contribution in [0.3, 0.4) is 0 Å². The van der Waals surface area contributed by atoms with E-state index >= 15 is 0 Å². The van der Waals surface area contributed by atoms with Gasteiger partial charge in [0.15, 0.2) is 0 Å². The molecule has 1 aliphatic rings. The fourth-order valence-corrected chi connectivity index (χ4v) is 4.07. The summed E-state index contributed by atoms with van der Waals surface area (Å²) in [5.74, 6) is 1.93. The quantitative estimate of drug-likeness (QED) is 0.708. The van der Waals surface area contributed by atoms with Crippen molar-refractivity contribution in [1.29, 1.82) is 0 Å². The largest absolute Gasteiger partial charge is 0.497 e. The monoisotopic (exact) mass is 404 g/mol. The van der Waals surface area contributed by atoms with E-state index in [0.29, 0.717) is 36.0 Å².